The van der Waals surface area contributed by atoms with E-state index in [0.717, 1.165) is 36.1 Å². The lowest BCUT2D eigenvalue weighted by molar-refractivity contribution is 0.156. The first kappa shape index (κ1) is 10.5. The third kappa shape index (κ3) is 1.67. The van der Waals surface area contributed by atoms with Gasteiger partial charge in [0.1, 0.15) is 0 Å². The van der Waals surface area contributed by atoms with E-state index in [1.807, 2.05) is 24.5 Å². The molecule has 1 atom stereocenters. The topological polar surface area (TPSA) is 38.0 Å². The zero-order chi connectivity index (χ0) is 11.8. The second kappa shape index (κ2) is 4.00. The summed E-state index contributed by atoms with van der Waals surface area (Å²) in [4.78, 5) is 4.12. The summed E-state index contributed by atoms with van der Waals surface area (Å²) in [5.41, 5.74) is 4.66. The molecule has 2 aromatic rings. The van der Waals surface area contributed by atoms with Gasteiger partial charge >= 0.3 is 0 Å². The number of nitrogens with zero attached hydrogens (tertiary/aromatic N) is 2. The monoisotopic (exact) mass is 228 g/mol. The average molecular weight is 228 g/mol. The van der Waals surface area contributed by atoms with Crippen LogP contribution in [0.25, 0.3) is 5.69 Å². The van der Waals surface area contributed by atoms with Gasteiger partial charge in [0.25, 0.3) is 0 Å². The molecule has 3 rings (SSSR count). The molecule has 1 aliphatic rings. The molecule has 17 heavy (non-hydrogen) atoms. The number of hydrogen-bond donors (Lipinski definition) is 1. The lowest BCUT2D eigenvalue weighted by Gasteiger charge is -2.20. The molecule has 2 aromatic heterocycles. The SMILES string of the molecule is Cc1cnccc1-n1ccc2c1CCCC2O. The highest BCUT2D eigenvalue weighted by Crippen LogP contribution is 2.32. The largest absolute Gasteiger partial charge is 0.388 e. The number of aliphatic hydroxyl groups excluding tert-OH is 1. The van der Waals surface area contributed by atoms with Crippen molar-refractivity contribution in [1.82, 2.24) is 9.55 Å². The Morgan fingerprint density at radius 2 is 2.29 bits per heavy atom. The summed E-state index contributed by atoms with van der Waals surface area (Å²) in [5.74, 6) is 0. The Balaban J connectivity index is 2.14. The molecule has 1 unspecified atom stereocenters. The molecule has 2 heterocycles. The zero-order valence-electron chi connectivity index (χ0n) is 9.93. The van der Waals surface area contributed by atoms with E-state index in [0.29, 0.717) is 0 Å². The van der Waals surface area contributed by atoms with Crippen LogP contribution < -0.4 is 0 Å². The molecule has 0 radical (unpaired) electrons. The van der Waals surface area contributed by atoms with Crippen molar-refractivity contribution in [1.29, 1.82) is 0 Å². The Kier molecular flexibility index (Phi) is 2.48. The average Bonchev–Trinajstić information content (AvgIpc) is 2.75. The van der Waals surface area contributed by atoms with Gasteiger partial charge in [0, 0.05) is 29.8 Å². The van der Waals surface area contributed by atoms with Gasteiger partial charge in [-0.15, -0.1) is 0 Å². The highest BCUT2D eigenvalue weighted by Gasteiger charge is 2.21. The molecule has 1 aliphatic carbocycles. The van der Waals surface area contributed by atoms with Crippen LogP contribution in [0.3, 0.4) is 0 Å². The first-order chi connectivity index (χ1) is 8.27. The van der Waals surface area contributed by atoms with Gasteiger partial charge in [0.05, 0.1) is 11.8 Å². The minimum atomic E-state index is -0.290. The van der Waals surface area contributed by atoms with Crippen molar-refractivity contribution in [3.63, 3.8) is 0 Å². The number of aliphatic hydroxyl groups is 1. The Hall–Kier alpha value is -1.61. The van der Waals surface area contributed by atoms with Gasteiger partial charge in [-0.1, -0.05) is 0 Å². The van der Waals surface area contributed by atoms with E-state index >= 15 is 0 Å². The number of hydrogen-bond acceptors (Lipinski definition) is 2. The van der Waals surface area contributed by atoms with Crippen molar-refractivity contribution in [3.05, 3.63) is 47.5 Å². The Morgan fingerprint density at radius 1 is 1.41 bits per heavy atom. The van der Waals surface area contributed by atoms with Crippen LogP contribution in [0.2, 0.25) is 0 Å². The zero-order valence-corrected chi connectivity index (χ0v) is 9.93. The highest BCUT2D eigenvalue weighted by atomic mass is 16.3. The number of pyridine rings is 1. The van der Waals surface area contributed by atoms with E-state index in [1.165, 1.54) is 5.69 Å². The Morgan fingerprint density at radius 3 is 3.12 bits per heavy atom. The van der Waals surface area contributed by atoms with E-state index in [9.17, 15) is 5.11 Å². The normalized spacial score (nSPS) is 19.1. The van der Waals surface area contributed by atoms with Crippen molar-refractivity contribution in [3.8, 4) is 5.69 Å². The van der Waals surface area contributed by atoms with Gasteiger partial charge in [-0.2, -0.15) is 0 Å². The standard InChI is InChI=1S/C14H16N2O/c1-10-9-15-7-5-12(10)16-8-6-11-13(16)3-2-4-14(11)17/h5-9,14,17H,2-4H2,1H3. The molecule has 0 bridgehead atoms. The van der Waals surface area contributed by atoms with Crippen molar-refractivity contribution in [2.75, 3.05) is 0 Å². The van der Waals surface area contributed by atoms with Crippen LogP contribution in [0.5, 0.6) is 0 Å². The predicted octanol–water partition coefficient (Wildman–Crippen LogP) is 2.55. The van der Waals surface area contributed by atoms with Crippen molar-refractivity contribution >= 4 is 0 Å². The summed E-state index contributed by atoms with van der Waals surface area (Å²) >= 11 is 0. The van der Waals surface area contributed by atoms with Gasteiger partial charge in [-0.25, -0.2) is 0 Å². The predicted molar refractivity (Wildman–Crippen MR) is 66.2 cm³/mol. The van der Waals surface area contributed by atoms with E-state index in [2.05, 4.69) is 22.7 Å². The van der Waals surface area contributed by atoms with E-state index < -0.39 is 0 Å². The summed E-state index contributed by atoms with van der Waals surface area (Å²) in [6, 6.07) is 4.07. The second-order valence-corrected chi connectivity index (χ2v) is 4.66. The van der Waals surface area contributed by atoms with Gasteiger partial charge in [0.2, 0.25) is 0 Å². The van der Waals surface area contributed by atoms with Crippen molar-refractivity contribution < 1.29 is 5.11 Å². The smallest absolute Gasteiger partial charge is 0.0807 e. The molecule has 0 fully saturated rings. The van der Waals surface area contributed by atoms with Gasteiger partial charge in [0.15, 0.2) is 0 Å². The third-order valence-electron chi connectivity index (χ3n) is 3.53. The first-order valence-electron chi connectivity index (χ1n) is 6.06. The van der Waals surface area contributed by atoms with Crippen molar-refractivity contribution in [2.45, 2.75) is 32.3 Å². The summed E-state index contributed by atoms with van der Waals surface area (Å²) in [6.07, 6.45) is 8.44. The highest BCUT2D eigenvalue weighted by molar-refractivity contribution is 5.43. The summed E-state index contributed by atoms with van der Waals surface area (Å²) < 4.78 is 2.19. The lowest BCUT2D eigenvalue weighted by Crippen LogP contribution is -2.11. The molecule has 0 saturated heterocycles. The van der Waals surface area contributed by atoms with Gasteiger partial charge < -0.3 is 9.67 Å². The molecule has 0 spiro atoms. The number of fused-ring (bicyclic) bond motifs is 1. The van der Waals surface area contributed by atoms with Crippen LogP contribution >= 0.6 is 0 Å². The minimum absolute atomic E-state index is 0.290. The second-order valence-electron chi connectivity index (χ2n) is 4.66. The Bertz CT molecular complexity index is 545. The lowest BCUT2D eigenvalue weighted by atomic mass is 9.95. The maximum atomic E-state index is 9.97. The number of aromatic nitrogens is 2. The van der Waals surface area contributed by atoms with Gasteiger partial charge in [-0.05, 0) is 43.9 Å². The van der Waals surface area contributed by atoms with Gasteiger partial charge in [-0.3, -0.25) is 4.98 Å². The molecular weight excluding hydrogens is 212 g/mol. The van der Waals surface area contributed by atoms with Crippen LogP contribution in [0, 0.1) is 6.92 Å². The van der Waals surface area contributed by atoms with Crippen LogP contribution in [-0.2, 0) is 6.42 Å². The van der Waals surface area contributed by atoms with E-state index in [4.69, 9.17) is 0 Å². The summed E-state index contributed by atoms with van der Waals surface area (Å²) in [5, 5.41) is 9.97. The summed E-state index contributed by atoms with van der Waals surface area (Å²) in [7, 11) is 0. The molecule has 3 nitrogen and oxygen atoms in total. The molecule has 1 N–H and O–H groups in total. The molecule has 3 heteroatoms. The fraction of sp³-hybridized carbons (Fsp3) is 0.357. The third-order valence-corrected chi connectivity index (χ3v) is 3.53. The van der Waals surface area contributed by atoms with Crippen LogP contribution in [0.4, 0.5) is 0 Å². The van der Waals surface area contributed by atoms with Crippen LogP contribution in [-0.4, -0.2) is 14.7 Å². The Labute approximate surface area is 101 Å². The molecule has 88 valence electrons. The molecule has 0 saturated carbocycles. The molecule has 0 aliphatic heterocycles. The van der Waals surface area contributed by atoms with Crippen LogP contribution in [0.15, 0.2) is 30.7 Å². The van der Waals surface area contributed by atoms with E-state index in [-0.39, 0.29) is 6.10 Å². The van der Waals surface area contributed by atoms with Crippen LogP contribution in [0.1, 0.15) is 35.8 Å². The number of aryl methyl sites for hydroxylation is 1. The quantitative estimate of drug-likeness (QED) is 0.814. The summed E-state index contributed by atoms with van der Waals surface area (Å²) in [6.45, 7) is 2.06. The van der Waals surface area contributed by atoms with E-state index in [1.54, 1.807) is 0 Å². The molecular formula is C14H16N2O. The first-order valence-corrected chi connectivity index (χ1v) is 6.06. The number of rotatable bonds is 1. The maximum absolute atomic E-state index is 9.97. The maximum Gasteiger partial charge on any atom is 0.0807 e. The fourth-order valence-electron chi connectivity index (χ4n) is 2.63. The van der Waals surface area contributed by atoms with Crippen molar-refractivity contribution in [2.24, 2.45) is 0 Å². The molecule has 0 aromatic carbocycles. The minimum Gasteiger partial charge on any atom is -0.388 e. The molecule has 0 amide bonds. The fourth-order valence-corrected chi connectivity index (χ4v) is 2.63.